The molecular weight excluding hydrogens is 324 g/mol. The molecule has 2 aliphatic rings. The molecule has 1 aromatic rings. The summed E-state index contributed by atoms with van der Waals surface area (Å²) in [5.74, 6) is 0.579. The van der Waals surface area contributed by atoms with E-state index in [2.05, 4.69) is 4.90 Å². The number of hydrogen-bond acceptors (Lipinski definition) is 6. The molecule has 25 heavy (non-hydrogen) atoms. The molecule has 7 nitrogen and oxygen atoms in total. The molecule has 0 aliphatic carbocycles. The fraction of sp³-hybridized carbons (Fsp3) is 0.611. The molecule has 1 aromatic carbocycles. The summed E-state index contributed by atoms with van der Waals surface area (Å²) in [6, 6.07) is 5.34. The average Bonchev–Trinajstić information content (AvgIpc) is 2.63. The molecule has 2 fully saturated rings. The summed E-state index contributed by atoms with van der Waals surface area (Å²) in [6.07, 6.45) is -1.66. The number of hydrogen-bond donors (Lipinski definition) is 2. The lowest BCUT2D eigenvalue weighted by molar-refractivity contribution is -0.136. The van der Waals surface area contributed by atoms with Crippen molar-refractivity contribution in [2.45, 2.75) is 25.2 Å². The Bertz CT molecular complexity index is 615. The number of ether oxygens (including phenoxy) is 2. The van der Waals surface area contributed by atoms with Crippen molar-refractivity contribution in [3.05, 3.63) is 29.3 Å². The topological polar surface area (TPSA) is 82.5 Å². The summed E-state index contributed by atoms with van der Waals surface area (Å²) in [5, 5.41) is 19.9. The molecule has 0 aromatic heterocycles. The number of aliphatic hydroxyl groups excluding tert-OH is 2. The van der Waals surface area contributed by atoms with E-state index in [1.54, 1.807) is 18.1 Å². The van der Waals surface area contributed by atoms with Crippen LogP contribution in [-0.4, -0.2) is 90.7 Å². The third kappa shape index (κ3) is 3.64. The van der Waals surface area contributed by atoms with Crippen LogP contribution in [0.3, 0.4) is 0 Å². The van der Waals surface area contributed by atoms with Gasteiger partial charge in [0.15, 0.2) is 0 Å². The zero-order valence-electron chi connectivity index (χ0n) is 14.7. The number of rotatable bonds is 3. The molecule has 0 bridgehead atoms. The predicted octanol–water partition coefficient (Wildman–Crippen LogP) is -0.118. The monoisotopic (exact) mass is 350 g/mol. The zero-order valence-corrected chi connectivity index (χ0v) is 14.7. The number of benzene rings is 1. The second-order valence-electron chi connectivity index (χ2n) is 6.65. The molecule has 0 radical (unpaired) electrons. The Hall–Kier alpha value is -1.67. The highest BCUT2D eigenvalue weighted by atomic mass is 16.5. The van der Waals surface area contributed by atoms with Crippen molar-refractivity contribution in [3.8, 4) is 5.75 Å². The van der Waals surface area contributed by atoms with Gasteiger partial charge in [-0.15, -0.1) is 0 Å². The second-order valence-corrected chi connectivity index (χ2v) is 6.65. The van der Waals surface area contributed by atoms with Gasteiger partial charge < -0.3 is 24.6 Å². The molecule has 3 rings (SSSR count). The van der Waals surface area contributed by atoms with Gasteiger partial charge in [0, 0.05) is 26.2 Å². The first kappa shape index (κ1) is 18.1. The third-order valence-electron chi connectivity index (χ3n) is 5.08. The smallest absolute Gasteiger partial charge is 0.257 e. The number of carbonyl (C=O) groups excluding carboxylic acids is 1. The van der Waals surface area contributed by atoms with Gasteiger partial charge in [0.1, 0.15) is 11.9 Å². The van der Waals surface area contributed by atoms with Gasteiger partial charge in [-0.1, -0.05) is 12.1 Å². The van der Waals surface area contributed by atoms with E-state index >= 15 is 0 Å². The summed E-state index contributed by atoms with van der Waals surface area (Å²) in [4.78, 5) is 16.7. The van der Waals surface area contributed by atoms with Crippen molar-refractivity contribution in [1.29, 1.82) is 0 Å². The van der Waals surface area contributed by atoms with Crippen molar-refractivity contribution in [3.63, 3.8) is 0 Å². The minimum absolute atomic E-state index is 0.0410. The fourth-order valence-electron chi connectivity index (χ4n) is 3.60. The average molecular weight is 350 g/mol. The first-order valence-corrected chi connectivity index (χ1v) is 8.63. The Morgan fingerprint density at radius 1 is 1.20 bits per heavy atom. The number of aryl methyl sites for hydroxylation is 1. The van der Waals surface area contributed by atoms with E-state index < -0.39 is 12.2 Å². The van der Waals surface area contributed by atoms with Gasteiger partial charge in [0.25, 0.3) is 5.91 Å². The molecule has 2 saturated heterocycles. The third-order valence-corrected chi connectivity index (χ3v) is 5.08. The number of nitrogens with zero attached hydrogens (tertiary/aromatic N) is 2. The molecule has 2 N–H and O–H groups in total. The van der Waals surface area contributed by atoms with Gasteiger partial charge in [0.2, 0.25) is 0 Å². The first-order chi connectivity index (χ1) is 12.0. The van der Waals surface area contributed by atoms with Crippen LogP contribution in [0.1, 0.15) is 15.9 Å². The van der Waals surface area contributed by atoms with Gasteiger partial charge in [-0.05, 0) is 18.6 Å². The summed E-state index contributed by atoms with van der Waals surface area (Å²) < 4.78 is 10.8. The molecule has 1 amide bonds. The molecule has 2 aliphatic heterocycles. The Morgan fingerprint density at radius 3 is 2.60 bits per heavy atom. The molecular formula is C18H26N2O5. The van der Waals surface area contributed by atoms with Crippen molar-refractivity contribution in [2.24, 2.45) is 0 Å². The largest absolute Gasteiger partial charge is 0.496 e. The lowest BCUT2D eigenvalue weighted by Gasteiger charge is -2.43. The van der Waals surface area contributed by atoms with Crippen LogP contribution < -0.4 is 4.74 Å². The summed E-state index contributed by atoms with van der Waals surface area (Å²) >= 11 is 0. The highest BCUT2D eigenvalue weighted by Gasteiger charge is 2.37. The highest BCUT2D eigenvalue weighted by Crippen LogP contribution is 2.25. The minimum Gasteiger partial charge on any atom is -0.496 e. The summed E-state index contributed by atoms with van der Waals surface area (Å²) in [5.41, 5.74) is 1.51. The molecule has 138 valence electrons. The molecule has 0 spiro atoms. The van der Waals surface area contributed by atoms with Crippen LogP contribution in [0.25, 0.3) is 0 Å². The van der Waals surface area contributed by atoms with Crippen LogP contribution in [0, 0.1) is 6.92 Å². The second kappa shape index (κ2) is 7.70. The molecule has 0 unspecified atom stereocenters. The number of para-hydroxylation sites is 1. The van der Waals surface area contributed by atoms with Crippen molar-refractivity contribution in [1.82, 2.24) is 9.80 Å². The van der Waals surface area contributed by atoms with Crippen molar-refractivity contribution < 1.29 is 24.5 Å². The molecule has 2 heterocycles. The Balaban J connectivity index is 1.64. The zero-order chi connectivity index (χ0) is 18.0. The van der Waals surface area contributed by atoms with Crippen LogP contribution in [0.15, 0.2) is 18.2 Å². The maximum atomic E-state index is 12.8. The highest BCUT2D eigenvalue weighted by molar-refractivity contribution is 5.97. The van der Waals surface area contributed by atoms with Crippen LogP contribution in [0.4, 0.5) is 0 Å². The normalized spacial score (nSPS) is 28.0. The van der Waals surface area contributed by atoms with Gasteiger partial charge in [-0.2, -0.15) is 0 Å². The lowest BCUT2D eigenvalue weighted by Crippen LogP contribution is -2.60. The van der Waals surface area contributed by atoms with E-state index in [1.165, 1.54) is 0 Å². The summed E-state index contributed by atoms with van der Waals surface area (Å²) in [7, 11) is 1.58. The Morgan fingerprint density at radius 2 is 1.92 bits per heavy atom. The Kier molecular flexibility index (Phi) is 5.58. The van der Waals surface area contributed by atoms with Gasteiger partial charge in [0.05, 0.1) is 38.0 Å². The summed E-state index contributed by atoms with van der Waals surface area (Å²) in [6.45, 7) is 4.89. The maximum absolute atomic E-state index is 12.8. The van der Waals surface area contributed by atoms with E-state index in [0.29, 0.717) is 44.1 Å². The molecule has 3 atom stereocenters. The fourth-order valence-corrected chi connectivity index (χ4v) is 3.60. The predicted molar refractivity (Wildman–Crippen MR) is 91.8 cm³/mol. The van der Waals surface area contributed by atoms with Crippen molar-refractivity contribution >= 4 is 5.91 Å². The number of piperazine rings is 1. The maximum Gasteiger partial charge on any atom is 0.257 e. The Labute approximate surface area is 147 Å². The van der Waals surface area contributed by atoms with Crippen LogP contribution in [0.2, 0.25) is 0 Å². The van der Waals surface area contributed by atoms with E-state index in [-0.39, 0.29) is 18.6 Å². The van der Waals surface area contributed by atoms with E-state index in [9.17, 15) is 15.0 Å². The minimum atomic E-state index is -0.852. The van der Waals surface area contributed by atoms with Gasteiger partial charge in [-0.25, -0.2) is 0 Å². The van der Waals surface area contributed by atoms with Crippen LogP contribution in [-0.2, 0) is 4.74 Å². The standard InChI is InChI=1S/C18H26N2O5/c1-12-4-3-5-13(17(12)24-2)18(23)20-8-6-19(7-9-20)14-10-25-11-15(21)16(14)22/h3-5,14-16,21-22H,6-11H2,1-2H3/t14-,15-,16+/m1/s1. The number of aliphatic hydroxyl groups is 2. The lowest BCUT2D eigenvalue weighted by atomic mass is 10.0. The SMILES string of the molecule is COc1c(C)cccc1C(=O)N1CCN([C@@H]2COC[C@@H](O)[C@H]2O)CC1. The van der Waals surface area contributed by atoms with Gasteiger partial charge in [-0.3, -0.25) is 9.69 Å². The number of carbonyl (C=O) groups is 1. The number of methoxy groups -OCH3 is 1. The quantitative estimate of drug-likeness (QED) is 0.791. The molecule has 7 heteroatoms. The first-order valence-electron chi connectivity index (χ1n) is 8.63. The van der Waals surface area contributed by atoms with E-state index in [4.69, 9.17) is 9.47 Å². The van der Waals surface area contributed by atoms with E-state index in [0.717, 1.165) is 5.56 Å². The van der Waals surface area contributed by atoms with Crippen LogP contribution in [0.5, 0.6) is 5.75 Å². The van der Waals surface area contributed by atoms with E-state index in [1.807, 2.05) is 19.1 Å². The van der Waals surface area contributed by atoms with Crippen LogP contribution >= 0.6 is 0 Å². The van der Waals surface area contributed by atoms with Gasteiger partial charge >= 0.3 is 0 Å². The molecule has 0 saturated carbocycles. The number of amides is 1. The van der Waals surface area contributed by atoms with Crippen molar-refractivity contribution in [2.75, 3.05) is 46.5 Å².